The number of nitrogens with one attached hydrogen (secondary N) is 1. The summed E-state index contributed by atoms with van der Waals surface area (Å²) in [7, 11) is 1.74. The van der Waals surface area contributed by atoms with E-state index < -0.39 is 11.6 Å². The normalized spacial score (nSPS) is 23.9. The van der Waals surface area contributed by atoms with Gasteiger partial charge < -0.3 is 14.8 Å². The van der Waals surface area contributed by atoms with Gasteiger partial charge in [0.1, 0.15) is 6.10 Å². The second kappa shape index (κ2) is 5.89. The van der Waals surface area contributed by atoms with Crippen LogP contribution in [0.3, 0.4) is 0 Å². The zero-order valence-electron chi connectivity index (χ0n) is 12.3. The van der Waals surface area contributed by atoms with E-state index in [4.69, 9.17) is 9.47 Å². The van der Waals surface area contributed by atoms with E-state index in [0.717, 1.165) is 25.7 Å². The van der Waals surface area contributed by atoms with Crippen LogP contribution < -0.4 is 10.1 Å². The van der Waals surface area contributed by atoms with Gasteiger partial charge in [0.25, 0.3) is 0 Å². The van der Waals surface area contributed by atoms with Crippen molar-refractivity contribution < 1.29 is 18.3 Å². The van der Waals surface area contributed by atoms with E-state index in [0.29, 0.717) is 25.1 Å². The molecule has 1 aromatic carbocycles. The Kier molecular flexibility index (Phi) is 4.13. The van der Waals surface area contributed by atoms with E-state index >= 15 is 0 Å². The van der Waals surface area contributed by atoms with Crippen LogP contribution in [0.15, 0.2) is 12.1 Å². The zero-order chi connectivity index (χ0) is 14.9. The molecule has 3 rings (SSSR count). The van der Waals surface area contributed by atoms with Gasteiger partial charge in [-0.05, 0) is 44.0 Å². The maximum atomic E-state index is 14.1. The van der Waals surface area contributed by atoms with Crippen LogP contribution in [0.4, 0.5) is 8.78 Å². The Bertz CT molecular complexity index is 494. The van der Waals surface area contributed by atoms with Crippen LogP contribution >= 0.6 is 0 Å². The summed E-state index contributed by atoms with van der Waals surface area (Å²) in [5.41, 5.74) is 0.476. The second-order valence-electron chi connectivity index (χ2n) is 6.04. The minimum absolute atomic E-state index is 0.0953. The Labute approximate surface area is 123 Å². The fraction of sp³-hybridized carbons (Fsp3) is 0.625. The Morgan fingerprint density at radius 2 is 2.05 bits per heavy atom. The topological polar surface area (TPSA) is 30.5 Å². The van der Waals surface area contributed by atoms with E-state index in [9.17, 15) is 8.78 Å². The summed E-state index contributed by atoms with van der Waals surface area (Å²) in [5.74, 6) is -1.51. The van der Waals surface area contributed by atoms with Crippen molar-refractivity contribution in [1.29, 1.82) is 0 Å². The fourth-order valence-corrected chi connectivity index (χ4v) is 3.20. The third-order valence-corrected chi connectivity index (χ3v) is 4.44. The fourth-order valence-electron chi connectivity index (χ4n) is 3.20. The van der Waals surface area contributed by atoms with Crippen molar-refractivity contribution in [2.45, 2.75) is 50.4 Å². The molecule has 1 unspecified atom stereocenters. The molecule has 0 bridgehead atoms. The standard InChI is InChI=1S/C16H21F2NO2/c1-19-10-11-7-13(17)15(14(18)8-11)21-12-3-6-20-16(9-12)4-2-5-16/h7-8,12,19H,2-6,9-10H2,1H3. The molecule has 2 aliphatic rings. The number of halogens is 2. The molecular weight excluding hydrogens is 276 g/mol. The van der Waals surface area contributed by atoms with E-state index in [1.54, 1.807) is 7.05 Å². The summed E-state index contributed by atoms with van der Waals surface area (Å²) in [5, 5.41) is 2.87. The molecule has 0 amide bonds. The lowest BCUT2D eigenvalue weighted by atomic mass is 9.74. The van der Waals surface area contributed by atoms with Crippen molar-refractivity contribution in [2.75, 3.05) is 13.7 Å². The van der Waals surface area contributed by atoms with Crippen LogP contribution in [0.1, 0.15) is 37.7 Å². The first kappa shape index (κ1) is 14.7. The largest absolute Gasteiger partial charge is 0.484 e. The van der Waals surface area contributed by atoms with E-state index in [-0.39, 0.29) is 17.5 Å². The smallest absolute Gasteiger partial charge is 0.191 e. The minimum Gasteiger partial charge on any atom is -0.484 e. The summed E-state index contributed by atoms with van der Waals surface area (Å²) in [6.45, 7) is 1.03. The molecule has 1 spiro atoms. The van der Waals surface area contributed by atoms with Gasteiger partial charge in [0.2, 0.25) is 0 Å². The van der Waals surface area contributed by atoms with Crippen molar-refractivity contribution in [3.63, 3.8) is 0 Å². The maximum Gasteiger partial charge on any atom is 0.191 e. The number of hydrogen-bond acceptors (Lipinski definition) is 3. The molecule has 1 saturated heterocycles. The molecule has 21 heavy (non-hydrogen) atoms. The maximum absolute atomic E-state index is 14.1. The van der Waals surface area contributed by atoms with Gasteiger partial charge in [0.15, 0.2) is 17.4 Å². The van der Waals surface area contributed by atoms with E-state index in [1.807, 2.05) is 0 Å². The number of rotatable bonds is 4. The van der Waals surface area contributed by atoms with Gasteiger partial charge in [-0.15, -0.1) is 0 Å². The molecule has 0 radical (unpaired) electrons. The molecule has 1 atom stereocenters. The quantitative estimate of drug-likeness (QED) is 0.926. The van der Waals surface area contributed by atoms with Crippen LogP contribution in [-0.2, 0) is 11.3 Å². The first-order valence-electron chi connectivity index (χ1n) is 7.55. The van der Waals surface area contributed by atoms with Crippen molar-refractivity contribution in [3.05, 3.63) is 29.3 Å². The first-order chi connectivity index (χ1) is 10.1. The highest BCUT2D eigenvalue weighted by molar-refractivity contribution is 5.31. The highest BCUT2D eigenvalue weighted by Crippen LogP contribution is 2.43. The molecule has 2 fully saturated rings. The van der Waals surface area contributed by atoms with Gasteiger partial charge in [-0.25, -0.2) is 8.78 Å². The van der Waals surface area contributed by atoms with Crippen molar-refractivity contribution >= 4 is 0 Å². The number of ether oxygens (including phenoxy) is 2. The SMILES string of the molecule is CNCc1cc(F)c(OC2CCOC3(CCC3)C2)c(F)c1. The third kappa shape index (κ3) is 3.04. The van der Waals surface area contributed by atoms with Crippen LogP contribution in [0.2, 0.25) is 0 Å². The molecule has 1 aliphatic heterocycles. The Balaban J connectivity index is 1.72. The Morgan fingerprint density at radius 3 is 2.62 bits per heavy atom. The summed E-state index contributed by atoms with van der Waals surface area (Å²) >= 11 is 0. The lowest BCUT2D eigenvalue weighted by Crippen LogP contribution is -2.48. The lowest BCUT2D eigenvalue weighted by molar-refractivity contribution is -0.154. The van der Waals surface area contributed by atoms with E-state index in [1.165, 1.54) is 12.1 Å². The summed E-state index contributed by atoms with van der Waals surface area (Å²) in [6.07, 6.45) is 4.45. The average Bonchev–Trinajstić information content (AvgIpc) is 2.42. The van der Waals surface area contributed by atoms with Crippen molar-refractivity contribution in [3.8, 4) is 5.75 Å². The van der Waals surface area contributed by atoms with Gasteiger partial charge in [-0.1, -0.05) is 0 Å². The molecule has 3 nitrogen and oxygen atoms in total. The van der Waals surface area contributed by atoms with Gasteiger partial charge in [0.05, 0.1) is 12.2 Å². The average molecular weight is 297 g/mol. The molecule has 1 aromatic rings. The summed E-state index contributed by atoms with van der Waals surface area (Å²) in [4.78, 5) is 0. The molecule has 0 aromatic heterocycles. The molecule has 1 saturated carbocycles. The summed E-state index contributed by atoms with van der Waals surface area (Å²) < 4.78 is 39.5. The minimum atomic E-state index is -0.630. The third-order valence-electron chi connectivity index (χ3n) is 4.44. The van der Waals surface area contributed by atoms with Gasteiger partial charge >= 0.3 is 0 Å². The molecule has 116 valence electrons. The predicted molar refractivity (Wildman–Crippen MR) is 75.3 cm³/mol. The predicted octanol–water partition coefficient (Wildman–Crippen LogP) is 3.16. The van der Waals surface area contributed by atoms with E-state index in [2.05, 4.69) is 5.32 Å². The monoisotopic (exact) mass is 297 g/mol. The molecule has 1 N–H and O–H groups in total. The Morgan fingerprint density at radius 1 is 1.33 bits per heavy atom. The zero-order valence-corrected chi connectivity index (χ0v) is 12.3. The van der Waals surface area contributed by atoms with Crippen molar-refractivity contribution in [2.24, 2.45) is 0 Å². The van der Waals surface area contributed by atoms with Gasteiger partial charge in [0, 0.05) is 19.4 Å². The Hall–Kier alpha value is -1.20. The van der Waals surface area contributed by atoms with Crippen molar-refractivity contribution in [1.82, 2.24) is 5.32 Å². The molecule has 1 heterocycles. The van der Waals surface area contributed by atoms with Gasteiger partial charge in [-0.2, -0.15) is 0 Å². The van der Waals surface area contributed by atoms with Gasteiger partial charge in [-0.3, -0.25) is 0 Å². The van der Waals surface area contributed by atoms with Crippen LogP contribution in [0.25, 0.3) is 0 Å². The number of benzene rings is 1. The number of hydrogen-bond donors (Lipinski definition) is 1. The molecular formula is C16H21F2NO2. The lowest BCUT2D eigenvalue weighted by Gasteiger charge is -2.46. The van der Waals surface area contributed by atoms with Crippen LogP contribution in [0, 0.1) is 11.6 Å². The molecule has 5 heteroatoms. The molecule has 1 aliphatic carbocycles. The second-order valence-corrected chi connectivity index (χ2v) is 6.04. The van der Waals surface area contributed by atoms with Crippen LogP contribution in [-0.4, -0.2) is 25.4 Å². The van der Waals surface area contributed by atoms with Crippen LogP contribution in [0.5, 0.6) is 5.75 Å². The highest BCUT2D eigenvalue weighted by atomic mass is 19.1. The first-order valence-corrected chi connectivity index (χ1v) is 7.55. The summed E-state index contributed by atoms with van der Waals surface area (Å²) in [6, 6.07) is 2.65. The highest BCUT2D eigenvalue weighted by Gasteiger charge is 2.43.